The number of halogens is 9. The lowest BCUT2D eigenvalue weighted by Crippen LogP contribution is -2.32. The second kappa shape index (κ2) is 37.5. The first-order valence-electron chi connectivity index (χ1n) is 29.9. The van der Waals surface area contributed by atoms with Crippen molar-refractivity contribution in [1.82, 2.24) is 50.6 Å². The number of amides is 2. The summed E-state index contributed by atoms with van der Waals surface area (Å²) in [6, 6.07) is 37.2. The van der Waals surface area contributed by atoms with E-state index in [1.54, 1.807) is 139 Å². The Morgan fingerprint density at radius 3 is 1.26 bits per heavy atom. The standard InChI is InChI=1S/C22H20F2N4O2.C17H12F2N4.C12H15BrFNO2.C10H6FN3.C7H5BFNO2.C3H3BrN2/c1-22(2,3)30-21(29)26-13-15-5-7-16(12-17(15)23)28-10-9-19(27-28)14-6-8-20(25-4)18(24)11-14;1-21-17-5-3-11(8-15(17)19)16-6-7-23(22-16)13-4-2-12(10-20)14(18)9-13;1-12(2,3)17-11(16)15-7-8-4-5-9(13)6-10(8)14;1-12-10-3-2-7(6-8(10)11)9-4-5-13-14-9;1-10-7-3-2-5(8(11)12)4-6(7)9;4-3-1-2-5-6-3/h5-12H,13H2,1-3H3,(H,26,29);2-9H,10,20H2;4-6H,7H2,1-3H3,(H,15,16);2-6H,(H,13,14);2-4,11-12H;1-2H,(H,5,6). The van der Waals surface area contributed by atoms with Crippen LogP contribution in [-0.4, -0.2) is 80.5 Å². The van der Waals surface area contributed by atoms with E-state index in [4.69, 9.17) is 51.5 Å². The molecule has 0 aliphatic rings. The number of nitrogens with one attached hydrogen (secondary N) is 4. The normalized spacial score (nSPS) is 10.4. The smallest absolute Gasteiger partial charge is 0.444 e. The number of hydrogen-bond donors (Lipinski definition) is 7. The Bertz CT molecular complexity index is 4850. The van der Waals surface area contributed by atoms with Gasteiger partial charge in [-0.1, -0.05) is 82.7 Å². The average molecular weight is 1520 g/mol. The largest absolute Gasteiger partial charge is 0.488 e. The van der Waals surface area contributed by atoms with E-state index in [-0.39, 0.29) is 53.7 Å². The molecule has 4 aromatic heterocycles. The van der Waals surface area contributed by atoms with Crippen molar-refractivity contribution < 1.29 is 59.8 Å². The lowest BCUT2D eigenvalue weighted by Gasteiger charge is -2.19. The highest BCUT2D eigenvalue weighted by atomic mass is 79.9. The Kier molecular flexibility index (Phi) is 29.1. The minimum Gasteiger partial charge on any atom is -0.444 e. The van der Waals surface area contributed by atoms with E-state index in [2.05, 4.69) is 92.5 Å². The van der Waals surface area contributed by atoms with E-state index in [9.17, 15) is 40.3 Å². The van der Waals surface area contributed by atoms with E-state index in [1.807, 2.05) is 6.07 Å². The van der Waals surface area contributed by atoms with Crippen LogP contribution >= 0.6 is 31.9 Å². The van der Waals surface area contributed by atoms with Gasteiger partial charge in [0.1, 0.15) is 56.5 Å². The maximum absolute atomic E-state index is 14.5. The Balaban J connectivity index is 0.000000203. The van der Waals surface area contributed by atoms with Gasteiger partial charge in [0.05, 0.1) is 54.7 Å². The highest BCUT2D eigenvalue weighted by Crippen LogP contribution is 2.29. The number of ether oxygens (including phenoxy) is 2. The van der Waals surface area contributed by atoms with Gasteiger partial charge in [-0.15, -0.1) is 0 Å². The van der Waals surface area contributed by atoms with Crippen molar-refractivity contribution >= 4 is 79.4 Å². The fraction of sp³-hybridized carbons (Fsp3) is 0.155. The molecule has 0 aliphatic carbocycles. The van der Waals surface area contributed by atoms with Crippen LogP contribution in [0.5, 0.6) is 0 Å². The molecule has 31 heteroatoms. The summed E-state index contributed by atoms with van der Waals surface area (Å²) in [4.78, 5) is 35.2. The van der Waals surface area contributed by atoms with Crippen molar-refractivity contribution in [3.63, 3.8) is 0 Å². The first-order chi connectivity index (χ1) is 48.4. The summed E-state index contributed by atoms with van der Waals surface area (Å²) < 4.78 is 110. The van der Waals surface area contributed by atoms with Crippen molar-refractivity contribution in [3.8, 4) is 45.1 Å². The number of H-pyrrole nitrogens is 2. The molecule has 0 spiro atoms. The van der Waals surface area contributed by atoms with E-state index < -0.39 is 65.4 Å². The van der Waals surface area contributed by atoms with Crippen LogP contribution in [0.4, 0.5) is 63.1 Å². The molecule has 2 amide bonds. The monoisotopic (exact) mass is 1520 g/mol. The van der Waals surface area contributed by atoms with Crippen LogP contribution in [0.25, 0.3) is 64.5 Å². The summed E-state index contributed by atoms with van der Waals surface area (Å²) in [5.41, 5.74) is 9.77. The summed E-state index contributed by atoms with van der Waals surface area (Å²) in [6.45, 7) is 37.7. The maximum Gasteiger partial charge on any atom is 0.488 e. The highest BCUT2D eigenvalue weighted by Gasteiger charge is 2.19. The third-order valence-corrected chi connectivity index (χ3v) is 14.1. The Labute approximate surface area is 598 Å². The van der Waals surface area contributed by atoms with E-state index in [0.29, 0.717) is 60.6 Å². The number of aromatic amines is 2. The Hall–Kier alpha value is -11.7. The molecule has 0 radical (unpaired) electrons. The Morgan fingerprint density at radius 2 is 0.912 bits per heavy atom. The summed E-state index contributed by atoms with van der Waals surface area (Å²) in [5.74, 6) is -3.73. The van der Waals surface area contributed by atoms with Crippen LogP contribution in [0, 0.1) is 67.0 Å². The van der Waals surface area contributed by atoms with Gasteiger partial charge < -0.3 is 35.9 Å². The van der Waals surface area contributed by atoms with E-state index in [1.165, 1.54) is 76.1 Å². The van der Waals surface area contributed by atoms with Gasteiger partial charge in [0, 0.05) is 76.7 Å². The summed E-state index contributed by atoms with van der Waals surface area (Å²) in [7, 11) is -1.70. The van der Waals surface area contributed by atoms with Gasteiger partial charge in [-0.05, 0) is 153 Å². The number of aromatic nitrogens is 8. The number of hydrogen-bond acceptors (Lipinski definition) is 11. The van der Waals surface area contributed by atoms with Gasteiger partial charge in [0.25, 0.3) is 0 Å². The highest BCUT2D eigenvalue weighted by molar-refractivity contribution is 9.10. The van der Waals surface area contributed by atoms with Crippen LogP contribution in [-0.2, 0) is 29.1 Å². The molecule has 0 bridgehead atoms. The van der Waals surface area contributed by atoms with Crippen LogP contribution < -0.4 is 21.8 Å². The predicted molar refractivity (Wildman–Crippen MR) is 378 cm³/mol. The SMILES string of the molecule is Brc1ccn[nH]1.CC(C)(C)OC(=O)NCc1ccc(Br)cc1F.[C-]#[N+]c1ccc(-c2ccn(-c3ccc(CN)c(F)c3)n2)cc1F.[C-]#[N+]c1ccc(-c2ccn(-c3ccc(CNC(=O)OC(C)(C)C)c(F)c3)n2)cc1F.[C-]#[N+]c1ccc(-c2ccn[nH]2)cc1F.[C-]#[N+]c1ccc(B(O)O)cc1F. The topological polar surface area (TPSA) is 254 Å². The second-order valence-electron chi connectivity index (χ2n) is 22.9. The molecule has 11 aromatic rings. The van der Waals surface area contributed by atoms with Gasteiger partial charge in [-0.3, -0.25) is 10.2 Å². The van der Waals surface area contributed by atoms with Gasteiger partial charge >= 0.3 is 19.3 Å². The summed E-state index contributed by atoms with van der Waals surface area (Å²) in [5, 5.41) is 43.7. The molecule has 0 unspecified atom stereocenters. The molecule has 7 aromatic carbocycles. The van der Waals surface area contributed by atoms with Gasteiger partial charge in [0.2, 0.25) is 22.7 Å². The van der Waals surface area contributed by atoms with Crippen LogP contribution in [0.15, 0.2) is 186 Å². The molecule has 11 rings (SSSR count). The number of nitrogens with two attached hydrogens (primary N) is 1. The number of carbonyl (C=O) groups is 2. The first kappa shape index (κ1) is 79.3. The zero-order valence-electron chi connectivity index (χ0n) is 54.9. The number of rotatable bonds is 11. The van der Waals surface area contributed by atoms with Crippen LogP contribution in [0.1, 0.15) is 58.2 Å². The number of carbonyl (C=O) groups excluding carboxylic acids is 2. The quantitative estimate of drug-likeness (QED) is 0.0364. The first-order valence-corrected chi connectivity index (χ1v) is 31.5. The fourth-order valence-corrected chi connectivity index (χ4v) is 8.80. The molecule has 522 valence electrons. The molecule has 102 heavy (non-hydrogen) atoms. The van der Waals surface area contributed by atoms with Crippen molar-refractivity contribution in [2.75, 3.05) is 0 Å². The fourth-order valence-electron chi connectivity index (χ4n) is 8.25. The van der Waals surface area contributed by atoms with Crippen LogP contribution in [0.3, 0.4) is 0 Å². The van der Waals surface area contributed by atoms with Crippen LogP contribution in [0.2, 0.25) is 0 Å². The number of alkyl carbamates (subject to hydrolysis) is 2. The molecule has 0 atom stereocenters. The lowest BCUT2D eigenvalue weighted by molar-refractivity contribution is 0.0511. The Morgan fingerprint density at radius 1 is 0.510 bits per heavy atom. The summed E-state index contributed by atoms with van der Waals surface area (Å²) in [6.07, 6.45) is 5.38. The molecular formula is C71H61BBr2F7N15O6. The average Bonchev–Trinajstić information content (AvgIpc) is 1.66. The molecule has 21 nitrogen and oxygen atoms in total. The second-order valence-corrected chi connectivity index (χ2v) is 24.7. The summed E-state index contributed by atoms with van der Waals surface area (Å²) >= 11 is 6.33. The third kappa shape index (κ3) is 24.6. The van der Waals surface area contributed by atoms with E-state index >= 15 is 0 Å². The number of benzene rings is 7. The zero-order valence-corrected chi connectivity index (χ0v) is 58.1. The number of nitrogens with zero attached hydrogens (tertiary/aromatic N) is 10. The van der Waals surface area contributed by atoms with Crippen molar-refractivity contribution in [1.29, 1.82) is 0 Å². The molecule has 0 fully saturated rings. The molecule has 0 aliphatic heterocycles. The zero-order chi connectivity index (χ0) is 74.8. The lowest BCUT2D eigenvalue weighted by atomic mass is 9.80. The predicted octanol–water partition coefficient (Wildman–Crippen LogP) is 16.8. The van der Waals surface area contributed by atoms with Gasteiger partial charge in [-0.2, -0.15) is 20.4 Å². The molecule has 0 saturated carbocycles. The third-order valence-electron chi connectivity index (χ3n) is 13.1. The van der Waals surface area contributed by atoms with Crippen molar-refractivity contribution in [2.45, 2.75) is 72.4 Å². The molecule has 8 N–H and O–H groups in total. The van der Waals surface area contributed by atoms with Gasteiger partial charge in [0.15, 0.2) is 0 Å². The molecule has 4 heterocycles. The minimum atomic E-state index is -1.70. The molecule has 0 saturated heterocycles. The maximum atomic E-state index is 14.5. The minimum absolute atomic E-state index is 0.0158. The van der Waals surface area contributed by atoms with Crippen molar-refractivity contribution in [2.24, 2.45) is 5.73 Å². The van der Waals surface area contributed by atoms with E-state index in [0.717, 1.165) is 16.4 Å². The van der Waals surface area contributed by atoms with Gasteiger partial charge in [-0.25, -0.2) is 69.1 Å². The molecular weight excluding hydrogens is 1460 g/mol. The van der Waals surface area contributed by atoms with Crippen molar-refractivity contribution in [3.05, 3.63) is 289 Å².